The third-order valence-electron chi connectivity index (χ3n) is 2.92. The summed E-state index contributed by atoms with van der Waals surface area (Å²) in [6, 6.07) is 9.23. The number of hydrogen-bond donors (Lipinski definition) is 2. The average molecular weight is 300 g/mol. The van der Waals surface area contributed by atoms with Crippen LogP contribution in [0.3, 0.4) is 0 Å². The fraction of sp³-hybridized carbons (Fsp3) is 0.0714. The molecule has 0 saturated heterocycles. The summed E-state index contributed by atoms with van der Waals surface area (Å²) in [7, 11) is 1.31. The number of fused-ring (bicyclic) bond motifs is 1. The molecule has 0 bridgehead atoms. The molecule has 2 heterocycles. The molecule has 0 aliphatic heterocycles. The van der Waals surface area contributed by atoms with Crippen LogP contribution in [0.5, 0.6) is 0 Å². The first-order valence-electron chi connectivity index (χ1n) is 6.14. The lowest BCUT2D eigenvalue weighted by Gasteiger charge is -2.06. The lowest BCUT2D eigenvalue weighted by atomic mass is 10.2. The number of nitrogens with one attached hydrogen (secondary N) is 1. The highest BCUT2D eigenvalue weighted by atomic mass is 32.2. The van der Waals surface area contributed by atoms with E-state index in [-0.39, 0.29) is 5.69 Å². The average Bonchev–Trinajstić information content (AvgIpc) is 2.91. The summed E-state index contributed by atoms with van der Waals surface area (Å²) < 4.78 is 4.69. The number of rotatable bonds is 3. The molecule has 0 fully saturated rings. The number of nitrogens with two attached hydrogens (primary N) is 1. The van der Waals surface area contributed by atoms with Gasteiger partial charge in [0.1, 0.15) is 5.03 Å². The Bertz CT molecular complexity index is 783. The van der Waals surface area contributed by atoms with Crippen molar-refractivity contribution in [2.45, 2.75) is 10.2 Å². The van der Waals surface area contributed by atoms with Gasteiger partial charge in [-0.05, 0) is 30.0 Å². The monoisotopic (exact) mass is 300 g/mol. The molecule has 0 unspecified atom stereocenters. The third-order valence-corrected chi connectivity index (χ3v) is 3.83. The van der Waals surface area contributed by atoms with Crippen molar-refractivity contribution >= 4 is 34.5 Å². The molecule has 0 aliphatic rings. The zero-order valence-electron chi connectivity index (χ0n) is 11.2. The second kappa shape index (κ2) is 5.45. The standard InChI is InChI=1S/C14H12N4O2S/c1-20-13(19)8-6-7-16-12(11(8)15)21-14-17-9-4-2-3-5-10(9)18-14/h2-7H,15H2,1H3,(H,17,18). The first kappa shape index (κ1) is 13.4. The molecule has 1 aromatic carbocycles. The smallest absolute Gasteiger partial charge is 0.340 e. The van der Waals surface area contributed by atoms with Crippen molar-refractivity contribution in [1.29, 1.82) is 0 Å². The van der Waals surface area contributed by atoms with Gasteiger partial charge in [0.2, 0.25) is 0 Å². The molecule has 0 aliphatic carbocycles. The van der Waals surface area contributed by atoms with Crippen LogP contribution < -0.4 is 5.73 Å². The third kappa shape index (κ3) is 2.55. The fourth-order valence-electron chi connectivity index (χ4n) is 1.89. The molecular weight excluding hydrogens is 288 g/mol. The number of para-hydroxylation sites is 2. The minimum atomic E-state index is -0.485. The summed E-state index contributed by atoms with van der Waals surface area (Å²) >= 11 is 1.27. The van der Waals surface area contributed by atoms with E-state index in [1.165, 1.54) is 31.1 Å². The zero-order valence-corrected chi connectivity index (χ0v) is 12.0. The Labute approximate surface area is 124 Å². The molecule has 21 heavy (non-hydrogen) atoms. The van der Waals surface area contributed by atoms with Crippen molar-refractivity contribution in [2.75, 3.05) is 12.8 Å². The van der Waals surface area contributed by atoms with Gasteiger partial charge in [-0.3, -0.25) is 0 Å². The molecule has 106 valence electrons. The summed E-state index contributed by atoms with van der Waals surface area (Å²) in [6.45, 7) is 0. The molecule has 0 saturated carbocycles. The number of benzene rings is 1. The highest BCUT2D eigenvalue weighted by Gasteiger charge is 2.15. The second-order valence-corrected chi connectivity index (χ2v) is 5.21. The number of hydrogen-bond acceptors (Lipinski definition) is 6. The number of esters is 1. The highest BCUT2D eigenvalue weighted by Crippen LogP contribution is 2.31. The number of aromatic nitrogens is 3. The zero-order chi connectivity index (χ0) is 14.8. The normalized spacial score (nSPS) is 10.7. The maximum atomic E-state index is 11.6. The Balaban J connectivity index is 1.96. The number of carbonyl (C=O) groups is 1. The van der Waals surface area contributed by atoms with Crippen LogP contribution in [-0.4, -0.2) is 28.0 Å². The van der Waals surface area contributed by atoms with E-state index in [1.54, 1.807) is 0 Å². The SMILES string of the molecule is COC(=O)c1ccnc(Sc2nc3ccccc3[nH]2)c1N. The van der Waals surface area contributed by atoms with Crippen molar-refractivity contribution < 1.29 is 9.53 Å². The number of nitrogen functional groups attached to an aromatic ring is 1. The van der Waals surface area contributed by atoms with Gasteiger partial charge < -0.3 is 15.5 Å². The Morgan fingerprint density at radius 1 is 1.33 bits per heavy atom. The Morgan fingerprint density at radius 3 is 2.90 bits per heavy atom. The van der Waals surface area contributed by atoms with Crippen LogP contribution in [0.15, 0.2) is 46.7 Å². The number of methoxy groups -OCH3 is 1. The topological polar surface area (TPSA) is 93.9 Å². The summed E-state index contributed by atoms with van der Waals surface area (Å²) in [5.74, 6) is -0.485. The summed E-state index contributed by atoms with van der Waals surface area (Å²) in [5, 5.41) is 1.18. The molecule has 0 atom stereocenters. The number of anilines is 1. The van der Waals surface area contributed by atoms with Gasteiger partial charge in [-0.25, -0.2) is 14.8 Å². The van der Waals surface area contributed by atoms with E-state index >= 15 is 0 Å². The number of nitrogens with zero attached hydrogens (tertiary/aromatic N) is 2. The molecule has 0 spiro atoms. The van der Waals surface area contributed by atoms with Crippen LogP contribution >= 0.6 is 11.8 Å². The first-order chi connectivity index (χ1) is 10.2. The fourth-order valence-corrected chi connectivity index (χ4v) is 2.71. The van der Waals surface area contributed by atoms with Gasteiger partial charge in [0.15, 0.2) is 5.16 Å². The van der Waals surface area contributed by atoms with Crippen LogP contribution in [0.2, 0.25) is 0 Å². The van der Waals surface area contributed by atoms with Crippen LogP contribution in [0.4, 0.5) is 5.69 Å². The van der Waals surface area contributed by atoms with E-state index in [4.69, 9.17) is 10.5 Å². The molecule has 3 aromatic rings. The van der Waals surface area contributed by atoms with E-state index in [1.807, 2.05) is 24.3 Å². The van der Waals surface area contributed by atoms with E-state index in [0.29, 0.717) is 15.7 Å². The van der Waals surface area contributed by atoms with Gasteiger partial charge in [0, 0.05) is 6.20 Å². The van der Waals surface area contributed by atoms with Crippen molar-refractivity contribution in [3.8, 4) is 0 Å². The maximum absolute atomic E-state index is 11.6. The first-order valence-corrected chi connectivity index (χ1v) is 6.96. The van der Waals surface area contributed by atoms with Gasteiger partial charge >= 0.3 is 5.97 Å². The number of carbonyl (C=O) groups excluding carboxylic acids is 1. The lowest BCUT2D eigenvalue weighted by Crippen LogP contribution is -2.07. The maximum Gasteiger partial charge on any atom is 0.340 e. The van der Waals surface area contributed by atoms with Crippen LogP contribution in [0, 0.1) is 0 Å². The molecule has 0 amide bonds. The van der Waals surface area contributed by atoms with E-state index in [2.05, 4.69) is 15.0 Å². The van der Waals surface area contributed by atoms with Gasteiger partial charge in [-0.1, -0.05) is 12.1 Å². The molecule has 3 rings (SSSR count). The van der Waals surface area contributed by atoms with Gasteiger partial charge in [0.25, 0.3) is 0 Å². The van der Waals surface area contributed by atoms with Crippen molar-refractivity contribution in [2.24, 2.45) is 0 Å². The van der Waals surface area contributed by atoms with E-state index in [0.717, 1.165) is 11.0 Å². The number of H-pyrrole nitrogens is 1. The molecule has 7 heteroatoms. The Morgan fingerprint density at radius 2 is 2.14 bits per heavy atom. The van der Waals surface area contributed by atoms with E-state index in [9.17, 15) is 4.79 Å². The largest absolute Gasteiger partial charge is 0.465 e. The Kier molecular flexibility index (Phi) is 3.49. The van der Waals surface area contributed by atoms with Crippen molar-refractivity contribution in [3.63, 3.8) is 0 Å². The molecule has 2 aromatic heterocycles. The minimum absolute atomic E-state index is 0.287. The number of pyridine rings is 1. The molecular formula is C14H12N4O2S. The summed E-state index contributed by atoms with van der Waals surface area (Å²) in [5.41, 5.74) is 8.36. The minimum Gasteiger partial charge on any atom is -0.465 e. The molecule has 6 nitrogen and oxygen atoms in total. The van der Waals surface area contributed by atoms with Crippen molar-refractivity contribution in [1.82, 2.24) is 15.0 Å². The van der Waals surface area contributed by atoms with Gasteiger partial charge in [0.05, 0.1) is 29.4 Å². The van der Waals surface area contributed by atoms with Crippen LogP contribution in [-0.2, 0) is 4.74 Å². The predicted molar refractivity (Wildman–Crippen MR) is 80.2 cm³/mol. The van der Waals surface area contributed by atoms with E-state index < -0.39 is 5.97 Å². The number of imidazole rings is 1. The summed E-state index contributed by atoms with van der Waals surface area (Å²) in [6.07, 6.45) is 1.52. The number of aromatic amines is 1. The lowest BCUT2D eigenvalue weighted by molar-refractivity contribution is 0.0601. The van der Waals surface area contributed by atoms with Crippen molar-refractivity contribution in [3.05, 3.63) is 42.1 Å². The summed E-state index contributed by atoms with van der Waals surface area (Å²) in [4.78, 5) is 23.4. The quantitative estimate of drug-likeness (QED) is 0.722. The van der Waals surface area contributed by atoms with Gasteiger partial charge in [-0.2, -0.15) is 0 Å². The predicted octanol–water partition coefficient (Wildman–Crippen LogP) is 2.48. The highest BCUT2D eigenvalue weighted by molar-refractivity contribution is 7.99. The Hall–Kier alpha value is -2.54. The second-order valence-electron chi connectivity index (χ2n) is 4.23. The number of ether oxygens (including phenoxy) is 1. The van der Waals surface area contributed by atoms with Gasteiger partial charge in [-0.15, -0.1) is 0 Å². The molecule has 3 N–H and O–H groups in total. The van der Waals surface area contributed by atoms with Crippen LogP contribution in [0.1, 0.15) is 10.4 Å². The molecule has 0 radical (unpaired) electrons. The van der Waals surface area contributed by atoms with Crippen LogP contribution in [0.25, 0.3) is 11.0 Å².